The van der Waals surface area contributed by atoms with Gasteiger partial charge in [0.2, 0.25) is 0 Å². The Morgan fingerprint density at radius 2 is 1.87 bits per heavy atom. The maximum absolute atomic E-state index is 4.38. The third kappa shape index (κ3) is 2.31. The van der Waals surface area contributed by atoms with Crippen LogP contribution in [0, 0.1) is 13.8 Å². The Hall–Kier alpha value is -1.03. The second-order valence-corrected chi connectivity index (χ2v) is 3.77. The fourth-order valence-corrected chi connectivity index (χ4v) is 2.09. The summed E-state index contributed by atoms with van der Waals surface area (Å²) in [6.45, 7) is 7.98. The first-order valence-electron chi connectivity index (χ1n) is 5.08. The molecule has 2 aromatic rings. The Bertz CT molecular complexity index is 448. The lowest BCUT2D eigenvalue weighted by molar-refractivity contribution is 1.00. The zero-order valence-electron chi connectivity index (χ0n) is 9.88. The van der Waals surface area contributed by atoms with Crippen molar-refractivity contribution in [2.45, 2.75) is 32.7 Å². The molecule has 82 valence electrons. The number of fused-ring (bicyclic) bond motifs is 1. The highest BCUT2D eigenvalue weighted by atomic mass is 32.2. The first kappa shape index (κ1) is 12.0. The lowest BCUT2D eigenvalue weighted by Crippen LogP contribution is -1.91. The van der Waals surface area contributed by atoms with Gasteiger partial charge in [-0.1, -0.05) is 13.8 Å². The van der Waals surface area contributed by atoms with Crippen LogP contribution >= 0.6 is 11.8 Å². The number of aryl methyl sites for hydroxylation is 2. The van der Waals surface area contributed by atoms with Crippen LogP contribution < -0.4 is 0 Å². The molecule has 0 atom stereocenters. The van der Waals surface area contributed by atoms with Crippen molar-refractivity contribution in [1.82, 2.24) is 15.0 Å². The number of rotatable bonds is 1. The van der Waals surface area contributed by atoms with Gasteiger partial charge in [-0.2, -0.15) is 0 Å². The molecule has 2 rings (SSSR count). The lowest BCUT2D eigenvalue weighted by Gasteiger charge is -2.00. The molecule has 1 N–H and O–H groups in total. The van der Waals surface area contributed by atoms with Crippen LogP contribution in [0.1, 0.15) is 25.2 Å². The molecule has 0 fully saturated rings. The fraction of sp³-hybridized carbons (Fsp3) is 0.455. The molecule has 4 heteroatoms. The van der Waals surface area contributed by atoms with Crippen molar-refractivity contribution in [3.8, 4) is 0 Å². The molecule has 0 bridgehead atoms. The summed E-state index contributed by atoms with van der Waals surface area (Å²) in [5.41, 5.74) is 2.15. The highest BCUT2D eigenvalue weighted by Gasteiger charge is 2.08. The van der Waals surface area contributed by atoms with Crippen molar-refractivity contribution in [2.24, 2.45) is 0 Å². The number of H-pyrrole nitrogens is 1. The van der Waals surface area contributed by atoms with E-state index in [0.29, 0.717) is 0 Å². The van der Waals surface area contributed by atoms with Crippen molar-refractivity contribution < 1.29 is 0 Å². The molecule has 0 radical (unpaired) electrons. The number of hydrogen-bond donors (Lipinski definition) is 1. The number of nitrogens with one attached hydrogen (secondary N) is 1. The minimum Gasteiger partial charge on any atom is -0.346 e. The first-order chi connectivity index (χ1) is 7.22. The highest BCUT2D eigenvalue weighted by molar-refractivity contribution is 7.98. The normalized spacial score (nSPS) is 9.93. The van der Waals surface area contributed by atoms with Gasteiger partial charge < -0.3 is 4.98 Å². The zero-order chi connectivity index (χ0) is 11.4. The van der Waals surface area contributed by atoms with Crippen LogP contribution in [0.4, 0.5) is 0 Å². The van der Waals surface area contributed by atoms with Gasteiger partial charge in [-0.05, 0) is 25.7 Å². The van der Waals surface area contributed by atoms with Crippen LogP contribution in [0.2, 0.25) is 0 Å². The van der Waals surface area contributed by atoms with Crippen LogP contribution in [0.15, 0.2) is 11.2 Å². The van der Waals surface area contributed by atoms with Crippen molar-refractivity contribution in [2.75, 3.05) is 6.26 Å². The lowest BCUT2D eigenvalue weighted by atomic mass is 10.3. The number of aromatic nitrogens is 3. The molecule has 0 saturated heterocycles. The zero-order valence-corrected chi connectivity index (χ0v) is 10.7. The molecule has 2 aromatic heterocycles. The van der Waals surface area contributed by atoms with E-state index in [9.17, 15) is 0 Å². The van der Waals surface area contributed by atoms with Crippen LogP contribution in [-0.2, 0) is 0 Å². The summed E-state index contributed by atoms with van der Waals surface area (Å²) < 4.78 is 0. The summed E-state index contributed by atoms with van der Waals surface area (Å²) in [5.74, 6) is 0.818. The van der Waals surface area contributed by atoms with Gasteiger partial charge in [0, 0.05) is 6.20 Å². The molecule has 0 amide bonds. The predicted octanol–water partition coefficient (Wildman–Crippen LogP) is 3.32. The minimum absolute atomic E-state index is 0.818. The molecule has 15 heavy (non-hydrogen) atoms. The third-order valence-electron chi connectivity index (χ3n) is 2.00. The topological polar surface area (TPSA) is 41.6 Å². The molecule has 2 heterocycles. The van der Waals surface area contributed by atoms with E-state index in [1.807, 2.05) is 33.2 Å². The maximum atomic E-state index is 4.38. The number of nitrogens with zero attached hydrogens (tertiary/aromatic N) is 2. The van der Waals surface area contributed by atoms with Gasteiger partial charge >= 0.3 is 0 Å². The predicted molar refractivity (Wildman–Crippen MR) is 66.5 cm³/mol. The Kier molecular flexibility index (Phi) is 4.15. The molecule has 0 unspecified atom stereocenters. The van der Waals surface area contributed by atoms with Gasteiger partial charge in [0.05, 0.1) is 5.39 Å². The molecule has 0 aromatic carbocycles. The first-order valence-corrected chi connectivity index (χ1v) is 6.31. The van der Waals surface area contributed by atoms with E-state index in [-0.39, 0.29) is 0 Å². The molecule has 0 saturated carbocycles. The molecular formula is C11H17N3S. The Morgan fingerprint density at radius 3 is 2.47 bits per heavy atom. The van der Waals surface area contributed by atoms with E-state index in [4.69, 9.17) is 0 Å². The van der Waals surface area contributed by atoms with Gasteiger partial charge in [-0.25, -0.2) is 9.97 Å². The molecule has 0 aliphatic carbocycles. The third-order valence-corrected chi connectivity index (χ3v) is 2.68. The quantitative estimate of drug-likeness (QED) is 0.595. The van der Waals surface area contributed by atoms with E-state index in [1.165, 1.54) is 5.56 Å². The number of aromatic amines is 1. The average molecular weight is 223 g/mol. The summed E-state index contributed by atoms with van der Waals surface area (Å²) in [6.07, 6.45) is 4.01. The second-order valence-electron chi connectivity index (χ2n) is 2.98. The number of thioether (sulfide) groups is 1. The largest absolute Gasteiger partial charge is 0.346 e. The summed E-state index contributed by atoms with van der Waals surface area (Å²) in [4.78, 5) is 11.8. The summed E-state index contributed by atoms with van der Waals surface area (Å²) in [5, 5.41) is 2.21. The van der Waals surface area contributed by atoms with Crippen LogP contribution in [0.5, 0.6) is 0 Å². The maximum Gasteiger partial charge on any atom is 0.142 e. The van der Waals surface area contributed by atoms with Gasteiger partial charge in [-0.3, -0.25) is 0 Å². The standard InChI is InChI=1S/C9H11N3S.C2H6/c1-5-4-10-8-7(5)9(13-3)12-6(2)11-8;1-2/h4H,1-3H3,(H,10,11,12);1-2H3. The van der Waals surface area contributed by atoms with E-state index in [2.05, 4.69) is 21.9 Å². The summed E-state index contributed by atoms with van der Waals surface area (Å²) in [6, 6.07) is 0. The SMILES string of the molecule is CC.CSc1nc(C)nc2[nH]cc(C)c12. The highest BCUT2D eigenvalue weighted by Crippen LogP contribution is 2.25. The van der Waals surface area contributed by atoms with E-state index in [0.717, 1.165) is 21.9 Å². The average Bonchev–Trinajstić information content (AvgIpc) is 2.62. The van der Waals surface area contributed by atoms with Crippen molar-refractivity contribution >= 4 is 22.8 Å². The summed E-state index contributed by atoms with van der Waals surface area (Å²) in [7, 11) is 0. The molecule has 0 aliphatic rings. The van der Waals surface area contributed by atoms with Crippen LogP contribution in [0.25, 0.3) is 11.0 Å². The van der Waals surface area contributed by atoms with E-state index < -0.39 is 0 Å². The Morgan fingerprint density at radius 1 is 1.20 bits per heavy atom. The Labute approximate surface area is 94.7 Å². The van der Waals surface area contributed by atoms with E-state index in [1.54, 1.807) is 11.8 Å². The van der Waals surface area contributed by atoms with E-state index >= 15 is 0 Å². The van der Waals surface area contributed by atoms with Gasteiger partial charge in [-0.15, -0.1) is 11.8 Å². The molecule has 0 aliphatic heterocycles. The monoisotopic (exact) mass is 223 g/mol. The summed E-state index contributed by atoms with van der Waals surface area (Å²) >= 11 is 1.66. The van der Waals surface area contributed by atoms with Crippen molar-refractivity contribution in [3.05, 3.63) is 17.6 Å². The number of hydrogen-bond acceptors (Lipinski definition) is 3. The molecule has 3 nitrogen and oxygen atoms in total. The van der Waals surface area contributed by atoms with Gasteiger partial charge in [0.25, 0.3) is 0 Å². The smallest absolute Gasteiger partial charge is 0.142 e. The van der Waals surface area contributed by atoms with Gasteiger partial charge in [0.15, 0.2) is 0 Å². The minimum atomic E-state index is 0.818. The van der Waals surface area contributed by atoms with Crippen molar-refractivity contribution in [1.29, 1.82) is 0 Å². The van der Waals surface area contributed by atoms with Crippen LogP contribution in [0.3, 0.4) is 0 Å². The van der Waals surface area contributed by atoms with Crippen LogP contribution in [-0.4, -0.2) is 21.2 Å². The van der Waals surface area contributed by atoms with Gasteiger partial charge in [0.1, 0.15) is 16.5 Å². The second kappa shape index (κ2) is 5.16. The Balaban J connectivity index is 0.000000531. The fourth-order valence-electron chi connectivity index (χ4n) is 1.40. The van der Waals surface area contributed by atoms with Crippen molar-refractivity contribution in [3.63, 3.8) is 0 Å². The molecule has 0 spiro atoms. The molecular weight excluding hydrogens is 206 g/mol.